The zero-order valence-corrected chi connectivity index (χ0v) is 21.5. The minimum absolute atomic E-state index is 0.0621. The van der Waals surface area contributed by atoms with Gasteiger partial charge in [-0.2, -0.15) is 5.10 Å². The number of ether oxygens (including phenoxy) is 2. The molecule has 0 saturated carbocycles. The van der Waals surface area contributed by atoms with E-state index >= 15 is 0 Å². The monoisotopic (exact) mass is 556 g/mol. The molecule has 0 aliphatic carbocycles. The molecule has 0 aromatic carbocycles. The molecule has 4 heterocycles. The van der Waals surface area contributed by atoms with Gasteiger partial charge < -0.3 is 19.7 Å². The van der Waals surface area contributed by atoms with Crippen LogP contribution in [0.15, 0.2) is 6.20 Å². The number of hydrogen-bond donors (Lipinski definition) is 1. The number of nitrogens with one attached hydrogen (secondary N) is 1. The first-order chi connectivity index (χ1) is 15.2. The Labute approximate surface area is 202 Å². The van der Waals surface area contributed by atoms with Gasteiger partial charge in [-0.3, -0.25) is 0 Å². The van der Waals surface area contributed by atoms with Crippen LogP contribution >= 0.6 is 22.6 Å². The van der Waals surface area contributed by atoms with E-state index in [1.165, 1.54) is 0 Å². The summed E-state index contributed by atoms with van der Waals surface area (Å²) in [6.45, 7) is 10.2. The van der Waals surface area contributed by atoms with Gasteiger partial charge in [-0.25, -0.2) is 19.4 Å². The number of carbonyl (C=O) groups is 1. The van der Waals surface area contributed by atoms with Crippen molar-refractivity contribution < 1.29 is 14.3 Å². The van der Waals surface area contributed by atoms with E-state index in [2.05, 4.69) is 49.8 Å². The topological polar surface area (TPSA) is 94.4 Å². The highest BCUT2D eigenvalue weighted by molar-refractivity contribution is 14.1. The van der Waals surface area contributed by atoms with Gasteiger partial charge in [-0.1, -0.05) is 0 Å². The van der Waals surface area contributed by atoms with Crippen molar-refractivity contribution in [1.82, 2.24) is 25.1 Å². The first-order valence-electron chi connectivity index (χ1n) is 11.5. The summed E-state index contributed by atoms with van der Waals surface area (Å²) in [5.74, 6) is 1.27. The second-order valence-electron chi connectivity index (χ2n) is 9.72. The third-order valence-electron chi connectivity index (χ3n) is 6.09. The number of carbonyl (C=O) groups excluding carboxylic acids is 1. The molecule has 1 amide bonds. The smallest absolute Gasteiger partial charge is 0.407 e. The van der Waals surface area contributed by atoms with E-state index in [-0.39, 0.29) is 18.4 Å². The van der Waals surface area contributed by atoms with Gasteiger partial charge in [0, 0.05) is 25.7 Å². The molecule has 0 radical (unpaired) electrons. The Hall–Kier alpha value is -1.69. The predicted octanol–water partition coefficient (Wildman–Crippen LogP) is 4.26. The van der Waals surface area contributed by atoms with E-state index in [1.807, 2.05) is 31.6 Å². The van der Waals surface area contributed by atoms with Crippen LogP contribution in [0.2, 0.25) is 0 Å². The van der Waals surface area contributed by atoms with E-state index in [4.69, 9.17) is 14.5 Å². The second kappa shape index (κ2) is 9.66. The fraction of sp³-hybridized carbons (Fsp3) is 0.727. The van der Waals surface area contributed by atoms with Crippen LogP contribution in [0, 0.1) is 9.62 Å². The zero-order valence-electron chi connectivity index (χ0n) is 19.3. The molecule has 2 aromatic heterocycles. The molecule has 2 fully saturated rings. The van der Waals surface area contributed by atoms with Crippen LogP contribution in [0.25, 0.3) is 11.2 Å². The van der Waals surface area contributed by atoms with Gasteiger partial charge >= 0.3 is 6.09 Å². The maximum absolute atomic E-state index is 12.1. The summed E-state index contributed by atoms with van der Waals surface area (Å²) in [5.41, 5.74) is 1.13. The lowest BCUT2D eigenvalue weighted by molar-refractivity contribution is -0.0372. The summed E-state index contributed by atoms with van der Waals surface area (Å²) in [6.07, 6.45) is 6.56. The molecule has 2 aliphatic heterocycles. The fourth-order valence-electron chi connectivity index (χ4n) is 4.37. The Kier molecular flexibility index (Phi) is 7.09. The molecular formula is C22H33IN6O3. The summed E-state index contributed by atoms with van der Waals surface area (Å²) >= 11 is 2.22. The van der Waals surface area contributed by atoms with Gasteiger partial charge in [0.2, 0.25) is 0 Å². The van der Waals surface area contributed by atoms with Gasteiger partial charge in [0.1, 0.15) is 16.9 Å². The number of hydrogen-bond acceptors (Lipinski definition) is 7. The van der Waals surface area contributed by atoms with Crippen molar-refractivity contribution >= 4 is 45.7 Å². The number of amides is 1. The molecule has 1 N–H and O–H groups in total. The maximum atomic E-state index is 12.1. The van der Waals surface area contributed by atoms with Crippen molar-refractivity contribution in [3.05, 3.63) is 9.90 Å². The highest BCUT2D eigenvalue weighted by atomic mass is 127. The molecule has 2 aliphatic rings. The quantitative estimate of drug-likeness (QED) is 0.563. The molecule has 2 unspecified atom stereocenters. The molecule has 2 aromatic rings. The van der Waals surface area contributed by atoms with E-state index < -0.39 is 5.60 Å². The van der Waals surface area contributed by atoms with E-state index in [9.17, 15) is 4.79 Å². The van der Waals surface area contributed by atoms with Crippen LogP contribution in [-0.4, -0.2) is 57.2 Å². The van der Waals surface area contributed by atoms with Crippen molar-refractivity contribution in [2.45, 2.75) is 77.7 Å². The minimum Gasteiger partial charge on any atom is -0.444 e. The standard InChI is InChI=1S/C22H33IN6O3/c1-14(25-21(30)32-22(2,3)4)15-8-10-28(11-9-15)16-13-24-18-19(23)27-29(20(18)26-16)17-7-5-6-12-31-17/h13-15,17H,5-12H2,1-4H3,(H,25,30). The SMILES string of the molecule is CC(NC(=O)OC(C)(C)C)C1CCN(c2cnc3c(I)nn(C4CCCCO4)c3n2)CC1. The Morgan fingerprint density at radius 1 is 1.28 bits per heavy atom. The van der Waals surface area contributed by atoms with Crippen molar-refractivity contribution in [1.29, 1.82) is 0 Å². The average Bonchev–Trinajstić information content (AvgIpc) is 3.09. The maximum Gasteiger partial charge on any atom is 0.407 e. The molecule has 0 spiro atoms. The number of halogens is 1. The van der Waals surface area contributed by atoms with Crippen LogP contribution in [0.4, 0.5) is 10.6 Å². The normalized spacial score (nSPS) is 21.5. The largest absolute Gasteiger partial charge is 0.444 e. The number of rotatable bonds is 4. The summed E-state index contributed by atoms with van der Waals surface area (Å²) in [5, 5.41) is 7.67. The summed E-state index contributed by atoms with van der Waals surface area (Å²) in [7, 11) is 0. The van der Waals surface area contributed by atoms with E-state index in [0.29, 0.717) is 5.92 Å². The third-order valence-corrected chi connectivity index (χ3v) is 6.82. The first-order valence-corrected chi connectivity index (χ1v) is 12.6. The van der Waals surface area contributed by atoms with Crippen LogP contribution in [-0.2, 0) is 9.47 Å². The highest BCUT2D eigenvalue weighted by Gasteiger charge is 2.28. The lowest BCUT2D eigenvalue weighted by Crippen LogP contribution is -2.45. The second-order valence-corrected chi connectivity index (χ2v) is 10.7. The summed E-state index contributed by atoms with van der Waals surface area (Å²) in [4.78, 5) is 24.0. The third kappa shape index (κ3) is 5.44. The lowest BCUT2D eigenvalue weighted by Gasteiger charge is -2.35. The predicted molar refractivity (Wildman–Crippen MR) is 131 cm³/mol. The Balaban J connectivity index is 1.41. The molecule has 2 atom stereocenters. The molecule has 4 rings (SSSR count). The number of alkyl carbamates (subject to hydrolysis) is 1. The van der Waals surface area contributed by atoms with Gasteiger partial charge in [0.25, 0.3) is 0 Å². The first kappa shape index (κ1) is 23.5. The number of fused-ring (bicyclic) bond motifs is 1. The zero-order chi connectivity index (χ0) is 22.9. The van der Waals surface area contributed by atoms with Crippen LogP contribution in [0.1, 0.15) is 66.0 Å². The van der Waals surface area contributed by atoms with Crippen LogP contribution in [0.5, 0.6) is 0 Å². The van der Waals surface area contributed by atoms with Crippen molar-refractivity contribution in [2.75, 3.05) is 24.6 Å². The number of nitrogens with zero attached hydrogens (tertiary/aromatic N) is 5. The molecule has 176 valence electrons. The number of anilines is 1. The molecule has 10 heteroatoms. The van der Waals surface area contributed by atoms with E-state index in [0.717, 1.165) is 72.5 Å². The van der Waals surface area contributed by atoms with Crippen molar-refractivity contribution in [3.8, 4) is 0 Å². The highest BCUT2D eigenvalue weighted by Crippen LogP contribution is 2.29. The molecule has 2 saturated heterocycles. The van der Waals surface area contributed by atoms with E-state index in [1.54, 1.807) is 0 Å². The van der Waals surface area contributed by atoms with Gasteiger partial charge in [-0.15, -0.1) is 0 Å². The lowest BCUT2D eigenvalue weighted by atomic mass is 9.90. The summed E-state index contributed by atoms with van der Waals surface area (Å²) < 4.78 is 14.1. The van der Waals surface area contributed by atoms with Crippen molar-refractivity contribution in [3.63, 3.8) is 0 Å². The minimum atomic E-state index is -0.489. The average molecular weight is 556 g/mol. The number of aromatic nitrogens is 4. The molecule has 32 heavy (non-hydrogen) atoms. The molecule has 0 bridgehead atoms. The van der Waals surface area contributed by atoms with Gasteiger partial charge in [0.05, 0.1) is 6.20 Å². The Bertz CT molecular complexity index is 945. The van der Waals surface area contributed by atoms with Crippen LogP contribution in [0.3, 0.4) is 0 Å². The fourth-order valence-corrected chi connectivity index (χ4v) is 4.99. The van der Waals surface area contributed by atoms with Gasteiger partial charge in [-0.05, 0) is 88.3 Å². The molecular weight excluding hydrogens is 523 g/mol. The Morgan fingerprint density at radius 3 is 2.69 bits per heavy atom. The Morgan fingerprint density at radius 2 is 2.03 bits per heavy atom. The van der Waals surface area contributed by atoms with Crippen LogP contribution < -0.4 is 10.2 Å². The molecule has 9 nitrogen and oxygen atoms in total. The number of piperidine rings is 1. The van der Waals surface area contributed by atoms with Crippen molar-refractivity contribution in [2.24, 2.45) is 5.92 Å². The van der Waals surface area contributed by atoms with Gasteiger partial charge in [0.15, 0.2) is 15.6 Å². The summed E-state index contributed by atoms with van der Waals surface area (Å²) in [6, 6.07) is 0.0621.